The van der Waals surface area contributed by atoms with Crippen molar-refractivity contribution in [1.82, 2.24) is 19.5 Å². The van der Waals surface area contributed by atoms with E-state index in [1.807, 2.05) is 6.07 Å². The third kappa shape index (κ3) is 5.77. The van der Waals surface area contributed by atoms with Crippen LogP contribution in [0, 0.1) is 17.6 Å². The van der Waals surface area contributed by atoms with Gasteiger partial charge in [-0.1, -0.05) is 54.6 Å². The number of nitrogens with two attached hydrogens (primary N) is 1. The van der Waals surface area contributed by atoms with Crippen molar-refractivity contribution >= 4 is 40.3 Å². The van der Waals surface area contributed by atoms with Crippen LogP contribution in [0.3, 0.4) is 0 Å². The monoisotopic (exact) mass is 532 g/mol. The molecule has 5 rings (SSSR count). The summed E-state index contributed by atoms with van der Waals surface area (Å²) in [4.78, 5) is 13.9. The number of hydrogen-bond donors (Lipinski definition) is 2. The van der Waals surface area contributed by atoms with Crippen molar-refractivity contribution in [3.05, 3.63) is 69.8 Å². The normalized spacial score (nSPS) is 13.9. The number of aromatic nitrogens is 4. The van der Waals surface area contributed by atoms with Crippen LogP contribution in [0.2, 0.25) is 10.0 Å². The first-order chi connectivity index (χ1) is 17.5. The standard InChI is InChI=1S/C25H23Cl2F2N5.CH5N/c26-17-7-4-8-18(27)22(17)24-32-21-13-31-25(30-12-16-9-10-19(28)20(29)11-16)33-23(21)34(24)14-15-5-2-1-3-6-15;1-2/h4,7-11,13,15H,1-3,5-6,12,14H2,(H,30,31,33);2H2,1H3. The summed E-state index contributed by atoms with van der Waals surface area (Å²) in [6.07, 6.45) is 7.67. The third-order valence-electron chi connectivity index (χ3n) is 6.27. The van der Waals surface area contributed by atoms with Gasteiger partial charge in [0.1, 0.15) is 11.3 Å². The van der Waals surface area contributed by atoms with Gasteiger partial charge in [0.05, 0.1) is 21.8 Å². The molecule has 0 aliphatic heterocycles. The Bertz CT molecular complexity index is 1320. The highest BCUT2D eigenvalue weighted by molar-refractivity contribution is 6.39. The Morgan fingerprint density at radius 2 is 1.72 bits per heavy atom. The molecule has 10 heteroatoms. The maximum absolute atomic E-state index is 13.6. The van der Waals surface area contributed by atoms with E-state index in [1.54, 1.807) is 18.3 Å². The topological polar surface area (TPSA) is 81.6 Å². The zero-order valence-electron chi connectivity index (χ0n) is 19.9. The number of hydrogen-bond acceptors (Lipinski definition) is 5. The van der Waals surface area contributed by atoms with E-state index in [2.05, 4.69) is 20.6 Å². The van der Waals surface area contributed by atoms with Crippen LogP contribution >= 0.6 is 23.2 Å². The zero-order valence-corrected chi connectivity index (χ0v) is 21.5. The highest BCUT2D eigenvalue weighted by Crippen LogP contribution is 2.37. The molecule has 6 nitrogen and oxygen atoms in total. The first-order valence-electron chi connectivity index (χ1n) is 11.9. The van der Waals surface area contributed by atoms with Crippen LogP contribution in [0.25, 0.3) is 22.6 Å². The van der Waals surface area contributed by atoms with E-state index in [-0.39, 0.29) is 6.54 Å². The fourth-order valence-electron chi connectivity index (χ4n) is 4.54. The van der Waals surface area contributed by atoms with Crippen molar-refractivity contribution in [3.8, 4) is 11.4 Å². The fourth-order valence-corrected chi connectivity index (χ4v) is 5.10. The van der Waals surface area contributed by atoms with Crippen LogP contribution in [-0.4, -0.2) is 26.6 Å². The molecule has 1 aliphatic carbocycles. The van der Waals surface area contributed by atoms with Crippen molar-refractivity contribution in [2.24, 2.45) is 11.7 Å². The summed E-state index contributed by atoms with van der Waals surface area (Å²) in [6, 6.07) is 9.19. The van der Waals surface area contributed by atoms with E-state index in [1.165, 1.54) is 32.4 Å². The van der Waals surface area contributed by atoms with Crippen LogP contribution in [-0.2, 0) is 13.1 Å². The van der Waals surface area contributed by atoms with Crippen LogP contribution < -0.4 is 11.1 Å². The summed E-state index contributed by atoms with van der Waals surface area (Å²) >= 11 is 13.1. The lowest BCUT2D eigenvalue weighted by atomic mass is 9.89. The molecule has 1 fully saturated rings. The molecule has 1 aliphatic rings. The number of rotatable bonds is 6. The molecular weight excluding hydrogens is 505 g/mol. The minimum absolute atomic E-state index is 0.253. The number of imidazole rings is 1. The lowest BCUT2D eigenvalue weighted by molar-refractivity contribution is 0.323. The number of anilines is 1. The average Bonchev–Trinajstić information content (AvgIpc) is 3.23. The van der Waals surface area contributed by atoms with Gasteiger partial charge in [0.2, 0.25) is 5.95 Å². The molecule has 0 amide bonds. The van der Waals surface area contributed by atoms with Gasteiger partial charge in [0.15, 0.2) is 17.3 Å². The van der Waals surface area contributed by atoms with Crippen LogP contribution in [0.4, 0.5) is 14.7 Å². The summed E-state index contributed by atoms with van der Waals surface area (Å²) in [5.74, 6) is -0.205. The Balaban J connectivity index is 0.00000148. The Hall–Kier alpha value is -2.81. The molecule has 0 spiro atoms. The Morgan fingerprint density at radius 1 is 1.00 bits per heavy atom. The number of halogens is 4. The lowest BCUT2D eigenvalue weighted by Crippen LogP contribution is -2.15. The summed E-state index contributed by atoms with van der Waals surface area (Å²) in [5.41, 5.74) is 7.08. The van der Waals surface area contributed by atoms with Crippen LogP contribution in [0.15, 0.2) is 42.6 Å². The predicted octanol–water partition coefficient (Wildman–Crippen LogP) is 6.85. The largest absolute Gasteiger partial charge is 0.350 e. The molecule has 190 valence electrons. The van der Waals surface area contributed by atoms with E-state index in [0.29, 0.717) is 50.0 Å². The molecule has 0 atom stereocenters. The Morgan fingerprint density at radius 3 is 2.42 bits per heavy atom. The van der Waals surface area contributed by atoms with Crippen LogP contribution in [0.5, 0.6) is 0 Å². The molecule has 3 N–H and O–H groups in total. The average molecular weight is 533 g/mol. The Kier molecular flexibility index (Phi) is 8.72. The summed E-state index contributed by atoms with van der Waals surface area (Å²) in [6.45, 7) is 1.01. The maximum atomic E-state index is 13.6. The quantitative estimate of drug-likeness (QED) is 0.284. The van der Waals surface area contributed by atoms with Gasteiger partial charge in [-0.25, -0.2) is 18.7 Å². The molecule has 2 aromatic carbocycles. The van der Waals surface area contributed by atoms with Gasteiger partial charge in [0, 0.05) is 13.1 Å². The predicted molar refractivity (Wildman–Crippen MR) is 141 cm³/mol. The molecule has 4 aromatic rings. The molecule has 2 aromatic heterocycles. The molecule has 36 heavy (non-hydrogen) atoms. The van der Waals surface area contributed by atoms with E-state index < -0.39 is 11.6 Å². The lowest BCUT2D eigenvalue weighted by Gasteiger charge is -2.23. The highest BCUT2D eigenvalue weighted by atomic mass is 35.5. The smallest absolute Gasteiger partial charge is 0.225 e. The maximum Gasteiger partial charge on any atom is 0.225 e. The van der Waals surface area contributed by atoms with Crippen molar-refractivity contribution in [1.29, 1.82) is 0 Å². The zero-order chi connectivity index (χ0) is 25.7. The minimum atomic E-state index is -0.887. The molecule has 0 saturated heterocycles. The van der Waals surface area contributed by atoms with E-state index in [4.69, 9.17) is 33.2 Å². The van der Waals surface area contributed by atoms with Gasteiger partial charge in [-0.3, -0.25) is 0 Å². The summed E-state index contributed by atoms with van der Waals surface area (Å²) < 4.78 is 28.9. The SMILES string of the molecule is CN.Fc1ccc(CNc2ncc3nc(-c4c(Cl)cccc4Cl)n(CC4CCCCC4)c3n2)cc1F. The summed E-state index contributed by atoms with van der Waals surface area (Å²) in [5, 5.41) is 4.15. The van der Waals surface area contributed by atoms with Crippen molar-refractivity contribution < 1.29 is 8.78 Å². The molecule has 1 saturated carbocycles. The van der Waals surface area contributed by atoms with Crippen molar-refractivity contribution in [2.75, 3.05) is 12.4 Å². The highest BCUT2D eigenvalue weighted by Gasteiger charge is 2.23. The Labute approximate surface area is 218 Å². The van der Waals surface area contributed by atoms with E-state index >= 15 is 0 Å². The number of nitrogens with one attached hydrogen (secondary N) is 1. The molecule has 0 unspecified atom stereocenters. The van der Waals surface area contributed by atoms with Crippen molar-refractivity contribution in [2.45, 2.75) is 45.2 Å². The van der Waals surface area contributed by atoms with Gasteiger partial charge >= 0.3 is 0 Å². The van der Waals surface area contributed by atoms with Gasteiger partial charge in [-0.15, -0.1) is 0 Å². The van der Waals surface area contributed by atoms with Gasteiger partial charge < -0.3 is 15.6 Å². The van der Waals surface area contributed by atoms with E-state index in [0.717, 1.165) is 31.5 Å². The molecule has 2 heterocycles. The fraction of sp³-hybridized carbons (Fsp3) is 0.346. The first-order valence-corrected chi connectivity index (χ1v) is 12.7. The van der Waals surface area contributed by atoms with Gasteiger partial charge in [0.25, 0.3) is 0 Å². The first kappa shape index (κ1) is 26.3. The molecular formula is C26H28Cl2F2N6. The third-order valence-corrected chi connectivity index (χ3v) is 6.90. The second kappa shape index (κ2) is 12.0. The molecule has 0 radical (unpaired) electrons. The number of fused-ring (bicyclic) bond motifs is 1. The van der Waals surface area contributed by atoms with Crippen molar-refractivity contribution in [3.63, 3.8) is 0 Å². The molecule has 0 bridgehead atoms. The van der Waals surface area contributed by atoms with Gasteiger partial charge in [-0.2, -0.15) is 4.98 Å². The minimum Gasteiger partial charge on any atom is -0.350 e. The number of nitrogens with zero attached hydrogens (tertiary/aromatic N) is 4. The van der Waals surface area contributed by atoms with E-state index in [9.17, 15) is 8.78 Å². The summed E-state index contributed by atoms with van der Waals surface area (Å²) in [7, 11) is 1.50. The second-order valence-corrected chi connectivity index (χ2v) is 9.47. The van der Waals surface area contributed by atoms with Gasteiger partial charge in [-0.05, 0) is 55.6 Å². The number of benzene rings is 2. The van der Waals surface area contributed by atoms with Crippen LogP contribution in [0.1, 0.15) is 37.7 Å². The second-order valence-electron chi connectivity index (χ2n) is 8.65.